The van der Waals surface area contributed by atoms with E-state index >= 15 is 0 Å². The van der Waals surface area contributed by atoms with E-state index in [0.29, 0.717) is 36.1 Å². The molecule has 31 heavy (non-hydrogen) atoms. The summed E-state index contributed by atoms with van der Waals surface area (Å²) in [6.45, 7) is 5.12. The molecule has 0 bridgehead atoms. The highest BCUT2D eigenvalue weighted by atomic mass is 16.5. The fraction of sp³-hybridized carbons (Fsp3) is 0.348. The van der Waals surface area contributed by atoms with Crippen LogP contribution in [0.1, 0.15) is 38.7 Å². The van der Waals surface area contributed by atoms with Crippen LogP contribution < -0.4 is 25.0 Å². The number of hydrogen-bond donors (Lipinski definition) is 2. The number of anilines is 1. The van der Waals surface area contributed by atoms with Gasteiger partial charge in [0.05, 0.1) is 26.5 Å². The Bertz CT molecular complexity index is 899. The van der Waals surface area contributed by atoms with E-state index in [2.05, 4.69) is 22.8 Å². The average molecular weight is 428 g/mol. The van der Waals surface area contributed by atoms with E-state index in [4.69, 9.17) is 14.2 Å². The topological polar surface area (TPSA) is 98.2 Å². The van der Waals surface area contributed by atoms with Crippen LogP contribution in [0.25, 0.3) is 0 Å². The molecule has 0 atom stereocenters. The lowest BCUT2D eigenvalue weighted by Crippen LogP contribution is -2.24. The highest BCUT2D eigenvalue weighted by molar-refractivity contribution is 6.03. The van der Waals surface area contributed by atoms with Crippen molar-refractivity contribution in [1.82, 2.24) is 5.43 Å². The van der Waals surface area contributed by atoms with E-state index in [-0.39, 0.29) is 6.42 Å². The second-order valence-corrected chi connectivity index (χ2v) is 6.59. The molecule has 2 aromatic rings. The average Bonchev–Trinajstić information content (AvgIpc) is 2.75. The third kappa shape index (κ3) is 8.38. The van der Waals surface area contributed by atoms with Crippen molar-refractivity contribution in [2.45, 2.75) is 33.1 Å². The van der Waals surface area contributed by atoms with E-state index in [1.54, 1.807) is 30.3 Å². The van der Waals surface area contributed by atoms with Gasteiger partial charge < -0.3 is 19.5 Å². The monoisotopic (exact) mass is 427 g/mol. The summed E-state index contributed by atoms with van der Waals surface area (Å²) in [5, 5.41) is 6.56. The summed E-state index contributed by atoms with van der Waals surface area (Å²) in [4.78, 5) is 24.0. The van der Waals surface area contributed by atoms with E-state index < -0.39 is 11.8 Å². The lowest BCUT2D eigenvalue weighted by molar-refractivity contribution is -0.126. The summed E-state index contributed by atoms with van der Waals surface area (Å²) in [6.07, 6.45) is 3.14. The van der Waals surface area contributed by atoms with Crippen molar-refractivity contribution in [2.24, 2.45) is 5.10 Å². The zero-order valence-electron chi connectivity index (χ0n) is 18.1. The Morgan fingerprint density at radius 1 is 1.03 bits per heavy atom. The van der Waals surface area contributed by atoms with Gasteiger partial charge in [-0.15, -0.1) is 0 Å². The minimum absolute atomic E-state index is 0.358. The molecular formula is C23H29N3O5. The van der Waals surface area contributed by atoms with Crippen LogP contribution in [0.15, 0.2) is 47.6 Å². The summed E-state index contributed by atoms with van der Waals surface area (Å²) in [5.41, 5.74) is 3.63. The van der Waals surface area contributed by atoms with Crippen molar-refractivity contribution in [3.05, 3.63) is 48.0 Å². The fourth-order valence-electron chi connectivity index (χ4n) is 2.59. The second kappa shape index (κ2) is 12.9. The molecule has 8 heteroatoms. The number of carbonyl (C=O) groups excluding carboxylic acids is 2. The molecule has 0 saturated heterocycles. The van der Waals surface area contributed by atoms with Crippen LogP contribution in [0, 0.1) is 0 Å². The molecule has 2 rings (SSSR count). The van der Waals surface area contributed by atoms with Crippen molar-refractivity contribution in [2.75, 3.05) is 25.6 Å². The zero-order chi connectivity index (χ0) is 22.5. The van der Waals surface area contributed by atoms with Gasteiger partial charge in [0.15, 0.2) is 11.5 Å². The van der Waals surface area contributed by atoms with Gasteiger partial charge in [-0.05, 0) is 49.2 Å². The number of hydrogen-bond acceptors (Lipinski definition) is 6. The minimum atomic E-state index is -0.527. The van der Waals surface area contributed by atoms with Crippen LogP contribution in [0.4, 0.5) is 5.69 Å². The Labute approximate surface area is 182 Å². The number of carbonyl (C=O) groups is 2. The van der Waals surface area contributed by atoms with Crippen molar-refractivity contribution >= 4 is 23.7 Å². The quantitative estimate of drug-likeness (QED) is 0.233. The molecule has 0 fully saturated rings. The molecule has 0 aliphatic heterocycles. The standard InChI is InChI=1S/C23H29N3O5/c1-4-6-12-31-20-11-10-17(13-21(20)30-5-2)16-24-26-23(28)15-22(27)25-18-8-7-9-19(14-18)29-3/h7-11,13-14,16H,4-6,12,15H2,1-3H3,(H,25,27)(H,26,28). The number of amides is 2. The maximum Gasteiger partial charge on any atom is 0.249 e. The molecule has 166 valence electrons. The Balaban J connectivity index is 1.88. The largest absolute Gasteiger partial charge is 0.497 e. The van der Waals surface area contributed by atoms with Gasteiger partial charge in [-0.1, -0.05) is 19.4 Å². The predicted molar refractivity (Wildman–Crippen MR) is 120 cm³/mol. The Morgan fingerprint density at radius 2 is 1.87 bits per heavy atom. The summed E-state index contributed by atoms with van der Waals surface area (Å²) < 4.78 is 16.5. The highest BCUT2D eigenvalue weighted by Crippen LogP contribution is 2.28. The zero-order valence-corrected chi connectivity index (χ0v) is 18.1. The van der Waals surface area contributed by atoms with Crippen LogP contribution in [0.2, 0.25) is 0 Å². The van der Waals surface area contributed by atoms with Gasteiger partial charge in [0.2, 0.25) is 11.8 Å². The van der Waals surface area contributed by atoms with Crippen LogP contribution in [0.5, 0.6) is 17.2 Å². The van der Waals surface area contributed by atoms with Gasteiger partial charge in [0.1, 0.15) is 12.2 Å². The second-order valence-electron chi connectivity index (χ2n) is 6.59. The third-order valence-electron chi connectivity index (χ3n) is 4.10. The van der Waals surface area contributed by atoms with E-state index in [9.17, 15) is 9.59 Å². The maximum absolute atomic E-state index is 12.0. The number of nitrogens with zero attached hydrogens (tertiary/aromatic N) is 1. The number of methoxy groups -OCH3 is 1. The lowest BCUT2D eigenvalue weighted by Gasteiger charge is -2.12. The van der Waals surface area contributed by atoms with Gasteiger partial charge in [0, 0.05) is 11.8 Å². The van der Waals surface area contributed by atoms with Crippen molar-refractivity contribution in [3.8, 4) is 17.2 Å². The number of benzene rings is 2. The van der Waals surface area contributed by atoms with Crippen LogP contribution >= 0.6 is 0 Å². The fourth-order valence-corrected chi connectivity index (χ4v) is 2.59. The van der Waals surface area contributed by atoms with Crippen molar-refractivity contribution in [1.29, 1.82) is 0 Å². The minimum Gasteiger partial charge on any atom is -0.497 e. The Hall–Kier alpha value is -3.55. The van der Waals surface area contributed by atoms with E-state index in [0.717, 1.165) is 18.4 Å². The summed E-state index contributed by atoms with van der Waals surface area (Å²) in [6, 6.07) is 12.3. The van der Waals surface area contributed by atoms with Crippen LogP contribution in [-0.2, 0) is 9.59 Å². The van der Waals surface area contributed by atoms with E-state index in [1.807, 2.05) is 19.1 Å². The number of hydrazone groups is 1. The molecule has 2 aromatic carbocycles. The first-order valence-electron chi connectivity index (χ1n) is 10.2. The molecule has 0 spiro atoms. The SMILES string of the molecule is CCCCOc1ccc(C=NNC(=O)CC(=O)Nc2cccc(OC)c2)cc1OCC. The molecule has 0 unspecified atom stereocenters. The molecule has 0 heterocycles. The van der Waals surface area contributed by atoms with Crippen molar-refractivity contribution in [3.63, 3.8) is 0 Å². The lowest BCUT2D eigenvalue weighted by atomic mass is 10.2. The summed E-state index contributed by atoms with van der Waals surface area (Å²) >= 11 is 0. The Kier molecular flexibility index (Phi) is 9.87. The molecule has 0 aromatic heterocycles. The first-order chi connectivity index (χ1) is 15.0. The van der Waals surface area contributed by atoms with Crippen LogP contribution in [0.3, 0.4) is 0 Å². The molecule has 0 aliphatic rings. The maximum atomic E-state index is 12.0. The van der Waals surface area contributed by atoms with Gasteiger partial charge in [-0.3, -0.25) is 9.59 Å². The van der Waals surface area contributed by atoms with Crippen molar-refractivity contribution < 1.29 is 23.8 Å². The highest BCUT2D eigenvalue weighted by Gasteiger charge is 2.10. The summed E-state index contributed by atoms with van der Waals surface area (Å²) in [7, 11) is 1.54. The van der Waals surface area contributed by atoms with Gasteiger partial charge in [0.25, 0.3) is 0 Å². The predicted octanol–water partition coefficient (Wildman–Crippen LogP) is 3.75. The number of rotatable bonds is 12. The molecule has 0 aliphatic carbocycles. The third-order valence-corrected chi connectivity index (χ3v) is 4.10. The molecule has 8 nitrogen and oxygen atoms in total. The van der Waals surface area contributed by atoms with Gasteiger partial charge in [-0.2, -0.15) is 5.10 Å². The number of nitrogens with one attached hydrogen (secondary N) is 2. The number of unbranched alkanes of at least 4 members (excludes halogenated alkanes) is 1. The normalized spacial score (nSPS) is 10.5. The molecular weight excluding hydrogens is 398 g/mol. The molecule has 2 N–H and O–H groups in total. The van der Waals surface area contributed by atoms with Gasteiger partial charge >= 0.3 is 0 Å². The molecule has 0 radical (unpaired) electrons. The Morgan fingerprint density at radius 3 is 2.61 bits per heavy atom. The van der Waals surface area contributed by atoms with Gasteiger partial charge in [-0.25, -0.2) is 5.43 Å². The smallest absolute Gasteiger partial charge is 0.249 e. The molecule has 2 amide bonds. The number of ether oxygens (including phenoxy) is 3. The molecule has 0 saturated carbocycles. The first kappa shape index (κ1) is 23.7. The summed E-state index contributed by atoms with van der Waals surface area (Å²) in [5.74, 6) is 0.923. The van der Waals surface area contributed by atoms with E-state index in [1.165, 1.54) is 13.3 Å². The first-order valence-corrected chi connectivity index (χ1v) is 10.2. The van der Waals surface area contributed by atoms with Crippen LogP contribution in [-0.4, -0.2) is 38.4 Å².